The minimum atomic E-state index is 0.497. The molecule has 0 aliphatic rings. The van der Waals surface area contributed by atoms with Gasteiger partial charge in [0.15, 0.2) is 5.96 Å². The van der Waals surface area contributed by atoms with Crippen LogP contribution in [0, 0.1) is 13.8 Å². The highest BCUT2D eigenvalue weighted by atomic mass is 15.3. The van der Waals surface area contributed by atoms with Gasteiger partial charge in [-0.1, -0.05) is 37.3 Å². The van der Waals surface area contributed by atoms with Gasteiger partial charge < -0.3 is 11.1 Å². The molecule has 5 heteroatoms. The highest BCUT2D eigenvalue weighted by molar-refractivity contribution is 5.77. The van der Waals surface area contributed by atoms with Crippen LogP contribution in [0.5, 0.6) is 0 Å². The summed E-state index contributed by atoms with van der Waals surface area (Å²) < 4.78 is 2.03. The maximum absolute atomic E-state index is 5.85. The van der Waals surface area contributed by atoms with Gasteiger partial charge in [0.1, 0.15) is 0 Å². The van der Waals surface area contributed by atoms with Crippen LogP contribution in [0.4, 0.5) is 0 Å². The Morgan fingerprint density at radius 3 is 2.68 bits per heavy atom. The minimum absolute atomic E-state index is 0.497. The molecular weight excluding hydrogens is 274 g/mol. The Morgan fingerprint density at radius 1 is 1.27 bits per heavy atom. The van der Waals surface area contributed by atoms with E-state index in [2.05, 4.69) is 41.4 Å². The third-order valence-electron chi connectivity index (χ3n) is 3.67. The van der Waals surface area contributed by atoms with E-state index in [0.717, 1.165) is 36.5 Å². The van der Waals surface area contributed by atoms with E-state index in [1.807, 2.05) is 29.8 Å². The molecule has 0 aliphatic carbocycles. The lowest BCUT2D eigenvalue weighted by Gasteiger charge is -2.06. The summed E-state index contributed by atoms with van der Waals surface area (Å²) in [6, 6.07) is 10.3. The molecule has 0 fully saturated rings. The van der Waals surface area contributed by atoms with Crippen LogP contribution in [0.1, 0.15) is 35.9 Å². The fourth-order valence-corrected chi connectivity index (χ4v) is 2.35. The highest BCUT2D eigenvalue weighted by Gasteiger charge is 2.11. The second-order valence-electron chi connectivity index (χ2n) is 5.42. The third-order valence-corrected chi connectivity index (χ3v) is 3.67. The molecule has 0 saturated heterocycles. The van der Waals surface area contributed by atoms with Crippen molar-refractivity contribution in [1.29, 1.82) is 0 Å². The Bertz CT molecular complexity index is 628. The number of nitrogens with one attached hydrogen (secondary N) is 1. The normalized spacial score (nSPS) is 11.7. The Morgan fingerprint density at radius 2 is 2.00 bits per heavy atom. The van der Waals surface area contributed by atoms with Gasteiger partial charge in [-0.2, -0.15) is 5.10 Å². The summed E-state index contributed by atoms with van der Waals surface area (Å²) in [5.74, 6) is 0.497. The number of aryl methyl sites for hydroxylation is 1. The lowest BCUT2D eigenvalue weighted by molar-refractivity contribution is 0.658. The van der Waals surface area contributed by atoms with Gasteiger partial charge in [-0.05, 0) is 25.8 Å². The van der Waals surface area contributed by atoms with Crippen LogP contribution in [0.3, 0.4) is 0 Å². The van der Waals surface area contributed by atoms with E-state index in [9.17, 15) is 0 Å². The zero-order valence-corrected chi connectivity index (χ0v) is 13.6. The van der Waals surface area contributed by atoms with Crippen molar-refractivity contribution in [3.05, 3.63) is 52.8 Å². The molecule has 3 N–H and O–H groups in total. The number of nitrogens with two attached hydrogens (primary N) is 1. The first-order chi connectivity index (χ1) is 10.6. The van der Waals surface area contributed by atoms with E-state index in [1.165, 1.54) is 5.56 Å². The van der Waals surface area contributed by atoms with Crippen molar-refractivity contribution in [2.75, 3.05) is 6.54 Å². The quantitative estimate of drug-likeness (QED) is 0.635. The molecule has 1 aromatic carbocycles. The monoisotopic (exact) mass is 299 g/mol. The Labute approximate surface area is 132 Å². The molecule has 0 aliphatic heterocycles. The molecule has 5 nitrogen and oxygen atoms in total. The summed E-state index contributed by atoms with van der Waals surface area (Å²) in [6.45, 7) is 8.40. The molecule has 1 heterocycles. The summed E-state index contributed by atoms with van der Waals surface area (Å²) in [4.78, 5) is 4.40. The number of aliphatic imine (C=N–C) groups is 1. The van der Waals surface area contributed by atoms with Crippen molar-refractivity contribution >= 4 is 5.96 Å². The summed E-state index contributed by atoms with van der Waals surface area (Å²) in [5, 5.41) is 7.72. The van der Waals surface area contributed by atoms with E-state index in [-0.39, 0.29) is 0 Å². The van der Waals surface area contributed by atoms with Crippen molar-refractivity contribution < 1.29 is 0 Å². The van der Waals surface area contributed by atoms with Crippen LogP contribution in [0.15, 0.2) is 35.3 Å². The number of benzene rings is 1. The molecule has 0 atom stereocenters. The number of aromatic nitrogens is 2. The molecule has 0 saturated carbocycles. The molecule has 1 aromatic heterocycles. The number of hydrogen-bond acceptors (Lipinski definition) is 2. The molecule has 0 unspecified atom stereocenters. The van der Waals surface area contributed by atoms with Gasteiger partial charge >= 0.3 is 0 Å². The molecule has 0 bridgehead atoms. The SMILES string of the molecule is CCCNC(N)=NCc1c(C)nn(Cc2ccccc2)c1C. The smallest absolute Gasteiger partial charge is 0.188 e. The second-order valence-corrected chi connectivity index (χ2v) is 5.42. The zero-order valence-electron chi connectivity index (χ0n) is 13.6. The van der Waals surface area contributed by atoms with E-state index >= 15 is 0 Å². The van der Waals surface area contributed by atoms with Crippen molar-refractivity contribution in [2.24, 2.45) is 10.7 Å². The second kappa shape index (κ2) is 7.64. The van der Waals surface area contributed by atoms with E-state index in [1.54, 1.807) is 0 Å². The summed E-state index contributed by atoms with van der Waals surface area (Å²) in [5.41, 5.74) is 10.4. The van der Waals surface area contributed by atoms with Crippen LogP contribution in [0.25, 0.3) is 0 Å². The first-order valence-corrected chi connectivity index (χ1v) is 7.72. The molecule has 0 amide bonds. The van der Waals surface area contributed by atoms with E-state index in [0.29, 0.717) is 12.5 Å². The van der Waals surface area contributed by atoms with Crippen LogP contribution in [-0.4, -0.2) is 22.3 Å². The number of rotatable bonds is 6. The maximum Gasteiger partial charge on any atom is 0.188 e. The number of nitrogens with zero attached hydrogens (tertiary/aromatic N) is 3. The average molecular weight is 299 g/mol. The molecule has 2 aromatic rings. The first-order valence-electron chi connectivity index (χ1n) is 7.72. The first kappa shape index (κ1) is 16.1. The Hall–Kier alpha value is -2.30. The molecule has 22 heavy (non-hydrogen) atoms. The zero-order chi connectivity index (χ0) is 15.9. The van der Waals surface area contributed by atoms with Crippen molar-refractivity contribution in [3.63, 3.8) is 0 Å². The van der Waals surface area contributed by atoms with Crippen LogP contribution in [-0.2, 0) is 13.1 Å². The third kappa shape index (κ3) is 4.10. The van der Waals surface area contributed by atoms with Crippen LogP contribution >= 0.6 is 0 Å². The lowest BCUT2D eigenvalue weighted by Crippen LogP contribution is -2.32. The van der Waals surface area contributed by atoms with Crippen LogP contribution < -0.4 is 11.1 Å². The standard InChI is InChI=1S/C17H25N5/c1-4-10-19-17(18)20-11-16-13(2)21-22(14(16)3)12-15-8-6-5-7-9-15/h5-9H,4,10-12H2,1-3H3,(H3,18,19,20). The van der Waals surface area contributed by atoms with Crippen molar-refractivity contribution in [2.45, 2.75) is 40.3 Å². The highest BCUT2D eigenvalue weighted by Crippen LogP contribution is 2.15. The van der Waals surface area contributed by atoms with Gasteiger partial charge in [0.25, 0.3) is 0 Å². The van der Waals surface area contributed by atoms with Gasteiger partial charge in [0.2, 0.25) is 0 Å². The van der Waals surface area contributed by atoms with Gasteiger partial charge in [-0.15, -0.1) is 0 Å². The Balaban J connectivity index is 2.10. The van der Waals surface area contributed by atoms with Gasteiger partial charge in [-0.3, -0.25) is 4.68 Å². The molecule has 0 radical (unpaired) electrons. The molecular formula is C17H25N5. The summed E-state index contributed by atoms with van der Waals surface area (Å²) in [7, 11) is 0. The van der Waals surface area contributed by atoms with Gasteiger partial charge in [0, 0.05) is 17.8 Å². The topological polar surface area (TPSA) is 68.2 Å². The largest absolute Gasteiger partial charge is 0.370 e. The summed E-state index contributed by atoms with van der Waals surface area (Å²) in [6.07, 6.45) is 1.03. The van der Waals surface area contributed by atoms with Crippen molar-refractivity contribution in [1.82, 2.24) is 15.1 Å². The minimum Gasteiger partial charge on any atom is -0.370 e. The number of guanidine groups is 1. The lowest BCUT2D eigenvalue weighted by atomic mass is 10.2. The van der Waals surface area contributed by atoms with Crippen LogP contribution in [0.2, 0.25) is 0 Å². The van der Waals surface area contributed by atoms with Gasteiger partial charge in [0.05, 0.1) is 18.8 Å². The van der Waals surface area contributed by atoms with Crippen molar-refractivity contribution in [3.8, 4) is 0 Å². The Kier molecular flexibility index (Phi) is 5.58. The summed E-state index contributed by atoms with van der Waals surface area (Å²) >= 11 is 0. The molecule has 0 spiro atoms. The maximum atomic E-state index is 5.85. The van der Waals surface area contributed by atoms with E-state index in [4.69, 9.17) is 5.73 Å². The fraction of sp³-hybridized carbons (Fsp3) is 0.412. The molecule has 2 rings (SSSR count). The average Bonchev–Trinajstić information content (AvgIpc) is 2.78. The predicted molar refractivity (Wildman–Crippen MR) is 90.9 cm³/mol. The molecule has 118 valence electrons. The van der Waals surface area contributed by atoms with E-state index < -0.39 is 0 Å². The predicted octanol–water partition coefficient (Wildman–Crippen LogP) is 2.36. The fourth-order valence-electron chi connectivity index (χ4n) is 2.35. The van der Waals surface area contributed by atoms with Gasteiger partial charge in [-0.25, -0.2) is 4.99 Å². The number of hydrogen-bond donors (Lipinski definition) is 2.